The lowest BCUT2D eigenvalue weighted by Crippen LogP contribution is -2.20. The minimum atomic E-state index is -4.53. The van der Waals surface area contributed by atoms with Crippen molar-refractivity contribution in [2.75, 3.05) is 20.8 Å². The van der Waals surface area contributed by atoms with Gasteiger partial charge in [0.05, 0.1) is 12.8 Å². The van der Waals surface area contributed by atoms with E-state index in [2.05, 4.69) is 32.0 Å². The molecule has 0 radical (unpaired) electrons. The van der Waals surface area contributed by atoms with Crippen LogP contribution < -0.4 is 0 Å². The van der Waals surface area contributed by atoms with Crippen LogP contribution in [-0.4, -0.2) is 56.9 Å². The van der Waals surface area contributed by atoms with E-state index in [1.54, 1.807) is 43.3 Å². The number of aryl methyl sites for hydroxylation is 1. The van der Waals surface area contributed by atoms with Gasteiger partial charge in [-0.3, -0.25) is 0 Å². The van der Waals surface area contributed by atoms with Gasteiger partial charge in [0, 0.05) is 16.7 Å². The Balaban J connectivity index is 2.24. The van der Waals surface area contributed by atoms with Crippen LogP contribution in [0.25, 0.3) is 0 Å². The lowest BCUT2D eigenvalue weighted by atomic mass is 9.99. The molecule has 0 unspecified atom stereocenters. The fourth-order valence-electron chi connectivity index (χ4n) is 2.97. The number of esters is 1. The Bertz CT molecular complexity index is 1180. The third kappa shape index (κ3) is 7.93. The zero-order chi connectivity index (χ0) is 26.7. The number of aliphatic imine (C=N–C) groups is 1. The zero-order valence-corrected chi connectivity index (χ0v) is 20.1. The van der Waals surface area contributed by atoms with Gasteiger partial charge >= 0.3 is 12.1 Å². The topological polar surface area (TPSA) is 103 Å². The van der Waals surface area contributed by atoms with Crippen LogP contribution in [-0.2, 0) is 30.7 Å². The number of carbonyl (C=O) groups is 1. The first-order chi connectivity index (χ1) is 17.1. The van der Waals surface area contributed by atoms with Crippen molar-refractivity contribution < 1.29 is 37.2 Å². The summed E-state index contributed by atoms with van der Waals surface area (Å²) in [6.45, 7) is 5.31. The van der Waals surface area contributed by atoms with E-state index in [-0.39, 0.29) is 18.2 Å². The number of carbonyl (C=O) groups excluding carboxylic acids is 1. The smallest absolute Gasteiger partial charge is 0.425 e. The molecule has 0 aliphatic carbocycles. The highest BCUT2D eigenvalue weighted by Crippen LogP contribution is 2.19. The van der Waals surface area contributed by atoms with E-state index in [0.29, 0.717) is 28.0 Å². The van der Waals surface area contributed by atoms with Gasteiger partial charge in [0.1, 0.15) is 13.7 Å². The molecule has 0 aliphatic rings. The first kappa shape index (κ1) is 28.0. The van der Waals surface area contributed by atoms with Crippen molar-refractivity contribution in [3.05, 3.63) is 70.3 Å². The molecular weight excluding hydrogens is 481 g/mol. The van der Waals surface area contributed by atoms with Crippen LogP contribution in [0, 0.1) is 6.92 Å². The van der Waals surface area contributed by atoms with Crippen LogP contribution >= 0.6 is 0 Å². The number of methoxy groups -OCH3 is 1. The van der Waals surface area contributed by atoms with Crippen molar-refractivity contribution in [1.29, 1.82) is 0 Å². The normalized spacial score (nSPS) is 12.7. The Morgan fingerprint density at radius 2 is 1.69 bits per heavy atom. The molecule has 0 saturated heterocycles. The van der Waals surface area contributed by atoms with Crippen LogP contribution in [0.1, 0.15) is 34.7 Å². The summed E-state index contributed by atoms with van der Waals surface area (Å²) in [6, 6.07) is 11.9. The van der Waals surface area contributed by atoms with Crippen LogP contribution in [0.4, 0.5) is 13.2 Å². The number of hydrogen-bond acceptors (Lipinski definition) is 8. The summed E-state index contributed by atoms with van der Waals surface area (Å²) < 4.78 is 41.7. The predicted octanol–water partition coefficient (Wildman–Crippen LogP) is 4.40. The first-order valence-electron chi connectivity index (χ1n) is 10.4. The highest BCUT2D eigenvalue weighted by Gasteiger charge is 2.28. The molecule has 0 aliphatic heterocycles. The van der Waals surface area contributed by atoms with Gasteiger partial charge in [0.15, 0.2) is 11.5 Å². The SMILES string of the molecule is C=N/C(=N\OCC(F)(F)F)c1cccc(/C(C)=N/OCc2c(C)cccc2/C(=N\OC)C(=O)OC)c1. The summed E-state index contributed by atoms with van der Waals surface area (Å²) in [6.07, 6.45) is -4.53. The largest absolute Gasteiger partial charge is 0.464 e. The number of hydrogen-bond donors (Lipinski definition) is 0. The standard InChI is InChI=1S/C24H25F3N4O5/c1-15-8-6-11-19(21(30-34-5)23(32)33-4)20(15)13-35-29-16(2)17-9-7-10-18(12-17)22(28-3)31-36-14-24(25,26)27/h6-12H,3,13-14H2,1-2,4-5H3/b29-16+,30-21+,31-22-. The molecular formula is C24H25F3N4O5. The summed E-state index contributed by atoms with van der Waals surface area (Å²) in [4.78, 5) is 30.5. The predicted molar refractivity (Wildman–Crippen MR) is 128 cm³/mol. The second-order valence-electron chi connectivity index (χ2n) is 7.21. The first-order valence-corrected chi connectivity index (χ1v) is 10.4. The fourth-order valence-corrected chi connectivity index (χ4v) is 2.97. The minimum Gasteiger partial charge on any atom is -0.464 e. The molecule has 2 aromatic rings. The maximum Gasteiger partial charge on any atom is 0.425 e. The summed E-state index contributed by atoms with van der Waals surface area (Å²) in [5.74, 6) is -0.792. The maximum absolute atomic E-state index is 12.3. The van der Waals surface area contributed by atoms with Crippen molar-refractivity contribution in [2.24, 2.45) is 20.5 Å². The van der Waals surface area contributed by atoms with E-state index in [0.717, 1.165) is 5.56 Å². The molecule has 0 N–H and O–H groups in total. The average Bonchev–Trinajstić information content (AvgIpc) is 2.85. The molecule has 12 heteroatoms. The summed E-state index contributed by atoms with van der Waals surface area (Å²) in [5.41, 5.74) is 3.36. The second-order valence-corrected chi connectivity index (χ2v) is 7.21. The van der Waals surface area contributed by atoms with Gasteiger partial charge in [-0.1, -0.05) is 51.9 Å². The van der Waals surface area contributed by atoms with Crippen molar-refractivity contribution in [2.45, 2.75) is 26.6 Å². The van der Waals surface area contributed by atoms with Gasteiger partial charge in [-0.15, -0.1) is 0 Å². The molecule has 9 nitrogen and oxygen atoms in total. The molecule has 0 saturated carbocycles. The van der Waals surface area contributed by atoms with Crippen molar-refractivity contribution >= 4 is 29.9 Å². The minimum absolute atomic E-state index is 0.00493. The van der Waals surface area contributed by atoms with E-state index < -0.39 is 18.8 Å². The Hall–Kier alpha value is -4.22. The Labute approximate surface area is 205 Å². The number of ether oxygens (including phenoxy) is 1. The quantitative estimate of drug-likeness (QED) is 0.206. The van der Waals surface area contributed by atoms with Crippen LogP contribution in [0.2, 0.25) is 0 Å². The number of oxime groups is 3. The second kappa shape index (κ2) is 13.0. The average molecular weight is 506 g/mol. The van der Waals surface area contributed by atoms with Gasteiger partial charge in [-0.05, 0) is 37.8 Å². The van der Waals surface area contributed by atoms with E-state index in [4.69, 9.17) is 14.4 Å². The Kier molecular flexibility index (Phi) is 10.1. The third-order valence-corrected chi connectivity index (χ3v) is 4.70. The Morgan fingerprint density at radius 3 is 2.33 bits per heavy atom. The number of rotatable bonds is 10. The van der Waals surface area contributed by atoms with Gasteiger partial charge in [-0.2, -0.15) is 13.2 Å². The summed E-state index contributed by atoms with van der Waals surface area (Å²) in [7, 11) is 2.55. The number of halogens is 3. The van der Waals surface area contributed by atoms with Gasteiger partial charge < -0.3 is 19.2 Å². The number of amidine groups is 1. The van der Waals surface area contributed by atoms with Crippen LogP contribution in [0.5, 0.6) is 0 Å². The lowest BCUT2D eigenvalue weighted by Gasteiger charge is -2.12. The molecule has 0 atom stereocenters. The molecule has 0 heterocycles. The Morgan fingerprint density at radius 1 is 1.00 bits per heavy atom. The maximum atomic E-state index is 12.3. The molecule has 0 spiro atoms. The third-order valence-electron chi connectivity index (χ3n) is 4.70. The van der Waals surface area contributed by atoms with Crippen molar-refractivity contribution in [1.82, 2.24) is 0 Å². The van der Waals surface area contributed by atoms with Crippen LogP contribution in [0.15, 0.2) is 62.9 Å². The van der Waals surface area contributed by atoms with E-state index in [1.807, 2.05) is 13.0 Å². The molecule has 0 amide bonds. The molecule has 0 fully saturated rings. The lowest BCUT2D eigenvalue weighted by molar-refractivity contribution is -0.173. The van der Waals surface area contributed by atoms with Crippen molar-refractivity contribution in [3.63, 3.8) is 0 Å². The van der Waals surface area contributed by atoms with E-state index >= 15 is 0 Å². The molecule has 0 bridgehead atoms. The highest BCUT2D eigenvalue weighted by molar-refractivity contribution is 6.43. The summed E-state index contributed by atoms with van der Waals surface area (Å²) >= 11 is 0. The molecule has 192 valence electrons. The van der Waals surface area contributed by atoms with Gasteiger partial charge in [0.2, 0.25) is 6.61 Å². The van der Waals surface area contributed by atoms with Gasteiger partial charge in [-0.25, -0.2) is 9.79 Å². The molecule has 0 aromatic heterocycles. The monoisotopic (exact) mass is 506 g/mol. The van der Waals surface area contributed by atoms with E-state index in [9.17, 15) is 18.0 Å². The number of benzene rings is 2. The fraction of sp³-hybridized carbons (Fsp3) is 0.292. The van der Waals surface area contributed by atoms with Gasteiger partial charge in [0.25, 0.3) is 0 Å². The molecule has 2 rings (SSSR count). The summed E-state index contributed by atoms with van der Waals surface area (Å²) in [5, 5.41) is 11.3. The van der Waals surface area contributed by atoms with Crippen molar-refractivity contribution in [3.8, 4) is 0 Å². The molecule has 36 heavy (non-hydrogen) atoms. The van der Waals surface area contributed by atoms with Crippen LogP contribution in [0.3, 0.4) is 0 Å². The number of alkyl halides is 3. The highest BCUT2D eigenvalue weighted by atomic mass is 19.4. The zero-order valence-electron chi connectivity index (χ0n) is 20.1. The number of nitrogens with zero attached hydrogens (tertiary/aromatic N) is 4. The van der Waals surface area contributed by atoms with E-state index in [1.165, 1.54) is 14.2 Å². The molecule has 2 aromatic carbocycles.